The maximum absolute atomic E-state index is 12.9. The molecule has 1 N–H and O–H groups in total. The second-order valence-corrected chi connectivity index (χ2v) is 10.6. The second-order valence-electron chi connectivity index (χ2n) is 8.19. The molecule has 162 valence electrons. The van der Waals surface area contributed by atoms with Gasteiger partial charge in [-0.05, 0) is 73.6 Å². The quantitative estimate of drug-likeness (QED) is 0.712. The van der Waals surface area contributed by atoms with Crippen LogP contribution in [0.1, 0.15) is 42.9 Å². The second kappa shape index (κ2) is 8.99. The van der Waals surface area contributed by atoms with E-state index < -0.39 is 10.0 Å². The Kier molecular flexibility index (Phi) is 6.33. The van der Waals surface area contributed by atoms with Crippen LogP contribution in [-0.4, -0.2) is 31.7 Å². The molecule has 1 saturated heterocycles. The van der Waals surface area contributed by atoms with E-state index in [1.807, 2.05) is 30.3 Å². The number of nitriles is 1. The van der Waals surface area contributed by atoms with Crippen molar-refractivity contribution in [3.05, 3.63) is 64.7 Å². The van der Waals surface area contributed by atoms with Crippen molar-refractivity contribution in [1.29, 1.82) is 5.26 Å². The minimum atomic E-state index is -3.63. The van der Waals surface area contributed by atoms with Crippen LogP contribution >= 0.6 is 11.6 Å². The van der Waals surface area contributed by atoms with Crippen molar-refractivity contribution < 1.29 is 13.2 Å². The van der Waals surface area contributed by atoms with Crippen LogP contribution in [0, 0.1) is 23.2 Å². The molecule has 2 aliphatic rings. The Morgan fingerprint density at radius 1 is 1.03 bits per heavy atom. The van der Waals surface area contributed by atoms with Gasteiger partial charge in [-0.15, -0.1) is 0 Å². The van der Waals surface area contributed by atoms with Gasteiger partial charge in [-0.25, -0.2) is 8.42 Å². The lowest BCUT2D eigenvalue weighted by Gasteiger charge is -2.31. The van der Waals surface area contributed by atoms with Gasteiger partial charge >= 0.3 is 0 Å². The Morgan fingerprint density at radius 3 is 2.19 bits per heavy atom. The van der Waals surface area contributed by atoms with Crippen LogP contribution in [0.15, 0.2) is 53.4 Å². The number of amides is 1. The summed E-state index contributed by atoms with van der Waals surface area (Å²) in [6, 6.07) is 15.5. The lowest BCUT2D eigenvalue weighted by Crippen LogP contribution is -2.43. The molecular weight excluding hydrogens is 434 g/mol. The zero-order valence-electron chi connectivity index (χ0n) is 17.0. The van der Waals surface area contributed by atoms with Crippen molar-refractivity contribution in [2.75, 3.05) is 13.1 Å². The summed E-state index contributed by atoms with van der Waals surface area (Å²) in [5, 5.41) is 12.8. The van der Waals surface area contributed by atoms with Crippen LogP contribution in [0.4, 0.5) is 0 Å². The molecule has 1 aliphatic heterocycles. The van der Waals surface area contributed by atoms with Crippen molar-refractivity contribution >= 4 is 27.5 Å². The Morgan fingerprint density at radius 2 is 1.65 bits per heavy atom. The molecule has 31 heavy (non-hydrogen) atoms. The van der Waals surface area contributed by atoms with Gasteiger partial charge in [-0.1, -0.05) is 23.7 Å². The van der Waals surface area contributed by atoms with Crippen molar-refractivity contribution in [2.24, 2.45) is 11.8 Å². The van der Waals surface area contributed by atoms with Gasteiger partial charge in [0.25, 0.3) is 0 Å². The number of hydrogen-bond donors (Lipinski definition) is 1. The number of carbonyl (C=O) groups is 1. The molecule has 4 rings (SSSR count). The number of sulfonamides is 1. The fraction of sp³-hybridized carbons (Fsp3) is 0.391. The van der Waals surface area contributed by atoms with Gasteiger partial charge in [0.2, 0.25) is 15.9 Å². The van der Waals surface area contributed by atoms with Crippen molar-refractivity contribution in [3.63, 3.8) is 0 Å². The average Bonchev–Trinajstić information content (AvgIpc) is 3.63. The SMILES string of the molecule is N#Cc1ccc(S(=O)(=O)N2CCC(C(=O)N[C@@H](c3ccc(Cl)cc3)C3CC3)CC2)cc1. The minimum absolute atomic E-state index is 0.0118. The predicted molar refractivity (Wildman–Crippen MR) is 118 cm³/mol. The highest BCUT2D eigenvalue weighted by atomic mass is 35.5. The van der Waals surface area contributed by atoms with E-state index in [0.29, 0.717) is 42.4 Å². The number of nitrogens with one attached hydrogen (secondary N) is 1. The van der Waals surface area contributed by atoms with Crippen molar-refractivity contribution in [1.82, 2.24) is 9.62 Å². The highest BCUT2D eigenvalue weighted by molar-refractivity contribution is 7.89. The molecule has 0 bridgehead atoms. The van der Waals surface area contributed by atoms with Gasteiger partial charge in [0.05, 0.1) is 22.6 Å². The summed E-state index contributed by atoms with van der Waals surface area (Å²) in [5.41, 5.74) is 1.47. The van der Waals surface area contributed by atoms with Crippen LogP contribution in [0.25, 0.3) is 0 Å². The number of rotatable bonds is 6. The van der Waals surface area contributed by atoms with Crippen LogP contribution in [-0.2, 0) is 14.8 Å². The van der Waals surface area contributed by atoms with E-state index in [4.69, 9.17) is 16.9 Å². The summed E-state index contributed by atoms with van der Waals surface area (Å²) in [5.74, 6) is 0.227. The van der Waals surface area contributed by atoms with Gasteiger partial charge in [-0.2, -0.15) is 9.57 Å². The Bertz CT molecular complexity index is 1080. The zero-order chi connectivity index (χ0) is 22.0. The summed E-state index contributed by atoms with van der Waals surface area (Å²) >= 11 is 5.99. The molecule has 1 saturated carbocycles. The lowest BCUT2D eigenvalue weighted by atomic mass is 9.95. The molecule has 1 aliphatic carbocycles. The van der Waals surface area contributed by atoms with Gasteiger partial charge in [-0.3, -0.25) is 4.79 Å². The van der Waals surface area contributed by atoms with Crippen LogP contribution < -0.4 is 5.32 Å². The fourth-order valence-corrected chi connectivity index (χ4v) is 5.65. The summed E-state index contributed by atoms with van der Waals surface area (Å²) in [4.78, 5) is 13.1. The monoisotopic (exact) mass is 457 g/mol. The van der Waals surface area contributed by atoms with E-state index in [-0.39, 0.29) is 22.8 Å². The maximum atomic E-state index is 12.9. The molecule has 0 radical (unpaired) electrons. The smallest absolute Gasteiger partial charge is 0.243 e. The number of hydrogen-bond acceptors (Lipinski definition) is 4. The first-order valence-electron chi connectivity index (χ1n) is 10.4. The highest BCUT2D eigenvalue weighted by Crippen LogP contribution is 2.41. The molecule has 2 aromatic carbocycles. The van der Waals surface area contributed by atoms with E-state index in [1.165, 1.54) is 28.6 Å². The van der Waals surface area contributed by atoms with E-state index in [0.717, 1.165) is 18.4 Å². The fourth-order valence-electron chi connectivity index (χ4n) is 4.05. The highest BCUT2D eigenvalue weighted by Gasteiger charge is 2.37. The Labute approximate surface area is 187 Å². The zero-order valence-corrected chi connectivity index (χ0v) is 18.6. The molecule has 1 amide bonds. The molecule has 8 heteroatoms. The minimum Gasteiger partial charge on any atom is -0.349 e. The van der Waals surface area contributed by atoms with E-state index in [1.54, 1.807) is 0 Å². The standard InChI is InChI=1S/C23H24ClN3O3S/c24-20-7-5-18(6-8-20)22(17-3-4-17)26-23(28)19-11-13-27(14-12-19)31(29,30)21-9-1-16(15-25)2-10-21/h1-2,5-10,17,19,22H,3-4,11-14H2,(H,26,28)/t22-/m1/s1. The predicted octanol–water partition coefficient (Wildman–Crippen LogP) is 3.88. The number of nitrogens with zero attached hydrogens (tertiary/aromatic N) is 2. The molecule has 1 atom stereocenters. The Balaban J connectivity index is 1.38. The lowest BCUT2D eigenvalue weighted by molar-refractivity contribution is -0.127. The van der Waals surface area contributed by atoms with Crippen molar-refractivity contribution in [3.8, 4) is 6.07 Å². The van der Waals surface area contributed by atoms with Crippen molar-refractivity contribution in [2.45, 2.75) is 36.6 Å². The molecule has 1 heterocycles. The molecule has 0 spiro atoms. The summed E-state index contributed by atoms with van der Waals surface area (Å²) < 4.78 is 27.2. The average molecular weight is 458 g/mol. The number of benzene rings is 2. The largest absolute Gasteiger partial charge is 0.349 e. The third-order valence-electron chi connectivity index (χ3n) is 6.07. The molecule has 0 unspecified atom stereocenters. The van der Waals surface area contributed by atoms with Gasteiger partial charge in [0.1, 0.15) is 0 Å². The topological polar surface area (TPSA) is 90.3 Å². The van der Waals surface area contributed by atoms with E-state index >= 15 is 0 Å². The summed E-state index contributed by atoms with van der Waals surface area (Å²) in [6.45, 7) is 0.602. The molecule has 2 fully saturated rings. The van der Waals surface area contributed by atoms with Gasteiger partial charge < -0.3 is 5.32 Å². The summed E-state index contributed by atoms with van der Waals surface area (Å²) in [6.07, 6.45) is 3.16. The first kappa shape index (κ1) is 21.8. The molecule has 6 nitrogen and oxygen atoms in total. The first-order valence-corrected chi connectivity index (χ1v) is 12.3. The van der Waals surface area contributed by atoms with Gasteiger partial charge in [0, 0.05) is 24.0 Å². The third kappa shape index (κ3) is 4.93. The first-order chi connectivity index (χ1) is 14.9. The number of piperidine rings is 1. The van der Waals surface area contributed by atoms with Gasteiger partial charge in [0.15, 0.2) is 0 Å². The maximum Gasteiger partial charge on any atom is 0.243 e. The summed E-state index contributed by atoms with van der Waals surface area (Å²) in [7, 11) is -3.63. The van der Waals surface area contributed by atoms with E-state index in [9.17, 15) is 13.2 Å². The normalized spacial score (nSPS) is 18.8. The number of carbonyl (C=O) groups excluding carboxylic acids is 1. The third-order valence-corrected chi connectivity index (χ3v) is 8.23. The molecular formula is C23H24ClN3O3S. The Hall–Kier alpha value is -2.40. The van der Waals surface area contributed by atoms with E-state index in [2.05, 4.69) is 5.32 Å². The molecule has 2 aromatic rings. The van der Waals surface area contributed by atoms with Crippen LogP contribution in [0.2, 0.25) is 5.02 Å². The van der Waals surface area contributed by atoms with Crippen LogP contribution in [0.5, 0.6) is 0 Å². The molecule has 0 aromatic heterocycles. The van der Waals surface area contributed by atoms with Crippen LogP contribution in [0.3, 0.4) is 0 Å². The number of halogens is 1.